The molecule has 0 unspecified atom stereocenters. The third-order valence-corrected chi connectivity index (χ3v) is 4.82. The minimum Gasteiger partial charge on any atom is -0.360 e. The molecule has 0 spiro atoms. The van der Waals surface area contributed by atoms with Gasteiger partial charge in [-0.1, -0.05) is 42.8 Å². The number of rotatable bonds is 4. The fraction of sp³-hybridized carbons (Fsp3) is 0.350. The van der Waals surface area contributed by atoms with E-state index in [1.165, 1.54) is 5.57 Å². The Kier molecular flexibility index (Phi) is 3.99. The lowest BCUT2D eigenvalue weighted by atomic mass is 9.78. The Hall–Kier alpha value is -2.13. The highest BCUT2D eigenvalue weighted by atomic mass is 16.1. The van der Waals surface area contributed by atoms with E-state index < -0.39 is 0 Å². The van der Waals surface area contributed by atoms with Crippen LogP contribution in [0.3, 0.4) is 0 Å². The lowest BCUT2D eigenvalue weighted by molar-refractivity contribution is 0.0911. The molecule has 1 aromatic carbocycles. The molecule has 1 aliphatic rings. The highest BCUT2D eigenvalue weighted by molar-refractivity contribution is 6.10. The van der Waals surface area contributed by atoms with Gasteiger partial charge in [-0.15, -0.1) is 6.58 Å². The van der Waals surface area contributed by atoms with Gasteiger partial charge in [0.25, 0.3) is 0 Å². The van der Waals surface area contributed by atoms with E-state index >= 15 is 0 Å². The second-order valence-electron chi connectivity index (χ2n) is 6.98. The van der Waals surface area contributed by atoms with E-state index in [1.807, 2.05) is 36.5 Å². The summed E-state index contributed by atoms with van der Waals surface area (Å²) in [5.74, 6) is 0.134. The first-order valence-corrected chi connectivity index (χ1v) is 8.09. The smallest absolute Gasteiger partial charge is 0.182 e. The Morgan fingerprint density at radius 2 is 2.09 bits per heavy atom. The molecule has 1 aromatic heterocycles. The van der Waals surface area contributed by atoms with E-state index in [1.54, 1.807) is 0 Å². The zero-order valence-electron chi connectivity index (χ0n) is 14.0. The fourth-order valence-corrected chi connectivity index (χ4v) is 3.57. The predicted octanol–water partition coefficient (Wildman–Crippen LogP) is 4.24. The number of ketones is 1. The molecule has 3 nitrogen and oxygen atoms in total. The first kappa shape index (κ1) is 15.8. The van der Waals surface area contributed by atoms with Gasteiger partial charge in [0, 0.05) is 34.1 Å². The number of aromatic nitrogens is 1. The molecule has 0 amide bonds. The van der Waals surface area contributed by atoms with Crippen LogP contribution >= 0.6 is 0 Å². The second-order valence-corrected chi connectivity index (χ2v) is 6.98. The van der Waals surface area contributed by atoms with Crippen LogP contribution in [0.15, 0.2) is 54.8 Å². The second kappa shape index (κ2) is 5.82. The molecule has 23 heavy (non-hydrogen) atoms. The zero-order valence-corrected chi connectivity index (χ0v) is 14.0. The Morgan fingerprint density at radius 1 is 1.35 bits per heavy atom. The zero-order chi connectivity index (χ0) is 16.6. The average Bonchev–Trinajstić information content (AvgIpc) is 3.08. The molecule has 1 saturated heterocycles. The molecule has 120 valence electrons. The van der Waals surface area contributed by atoms with Crippen molar-refractivity contribution in [3.63, 3.8) is 0 Å². The molecule has 0 bridgehead atoms. The third-order valence-electron chi connectivity index (χ3n) is 4.82. The molecule has 1 aliphatic heterocycles. The molecular formula is C20H24N2O. The molecule has 3 heteroatoms. The van der Waals surface area contributed by atoms with Crippen LogP contribution in [0, 0.1) is 5.41 Å². The summed E-state index contributed by atoms with van der Waals surface area (Å²) in [5.41, 5.74) is 2.76. The number of benzene rings is 1. The van der Waals surface area contributed by atoms with Gasteiger partial charge in [0.15, 0.2) is 5.78 Å². The van der Waals surface area contributed by atoms with Crippen molar-refractivity contribution in [2.24, 2.45) is 5.41 Å². The first-order valence-electron chi connectivity index (χ1n) is 8.09. The van der Waals surface area contributed by atoms with Gasteiger partial charge < -0.3 is 10.3 Å². The number of allylic oxidation sites excluding steroid dienone is 1. The summed E-state index contributed by atoms with van der Waals surface area (Å²) in [5, 5.41) is 4.49. The summed E-state index contributed by atoms with van der Waals surface area (Å²) in [7, 11) is 0. The maximum Gasteiger partial charge on any atom is 0.182 e. The summed E-state index contributed by atoms with van der Waals surface area (Å²) in [4.78, 5) is 16.4. The van der Waals surface area contributed by atoms with Crippen molar-refractivity contribution in [3.8, 4) is 0 Å². The molecule has 2 heterocycles. The van der Waals surface area contributed by atoms with E-state index in [4.69, 9.17) is 0 Å². The van der Waals surface area contributed by atoms with Crippen molar-refractivity contribution >= 4 is 16.7 Å². The highest BCUT2D eigenvalue weighted by Gasteiger charge is 2.45. The van der Waals surface area contributed by atoms with Crippen LogP contribution in [0.1, 0.15) is 37.6 Å². The summed E-state index contributed by atoms with van der Waals surface area (Å²) in [6, 6.07) is 7.88. The number of carbonyl (C=O) groups is 1. The summed E-state index contributed by atoms with van der Waals surface area (Å²) in [6.07, 6.45) is 6.84. The maximum absolute atomic E-state index is 13.2. The van der Waals surface area contributed by atoms with E-state index in [0.717, 1.165) is 22.9 Å². The van der Waals surface area contributed by atoms with Crippen molar-refractivity contribution in [2.45, 2.75) is 39.3 Å². The van der Waals surface area contributed by atoms with Gasteiger partial charge in [-0.05, 0) is 26.3 Å². The van der Waals surface area contributed by atoms with Gasteiger partial charge in [-0.25, -0.2) is 0 Å². The van der Waals surface area contributed by atoms with Crippen LogP contribution < -0.4 is 5.32 Å². The van der Waals surface area contributed by atoms with Crippen LogP contribution in [-0.4, -0.2) is 22.9 Å². The predicted molar refractivity (Wildman–Crippen MR) is 95.7 cm³/mol. The Balaban J connectivity index is 1.97. The minimum absolute atomic E-state index is 0.134. The van der Waals surface area contributed by atoms with Crippen molar-refractivity contribution in [3.05, 3.63) is 60.3 Å². The number of aromatic amines is 1. The normalized spacial score (nSPS) is 27.1. The van der Waals surface area contributed by atoms with Gasteiger partial charge in [0.05, 0.1) is 6.04 Å². The number of hydrogen-bond acceptors (Lipinski definition) is 2. The Labute approximate surface area is 137 Å². The maximum atomic E-state index is 13.2. The topological polar surface area (TPSA) is 44.9 Å². The Bertz CT molecular complexity index is 782. The number of Topliss-reactive ketones (excluding diaryl/α,β-unsaturated/α-hetero) is 1. The van der Waals surface area contributed by atoms with Gasteiger partial charge in [0.1, 0.15) is 0 Å². The summed E-state index contributed by atoms with van der Waals surface area (Å²) < 4.78 is 0. The highest BCUT2D eigenvalue weighted by Crippen LogP contribution is 2.38. The lowest BCUT2D eigenvalue weighted by Gasteiger charge is -2.26. The molecule has 0 saturated carbocycles. The summed E-state index contributed by atoms with van der Waals surface area (Å²) in [6.45, 7) is 10.3. The summed E-state index contributed by atoms with van der Waals surface area (Å²) >= 11 is 0. The molecule has 2 aromatic rings. The average molecular weight is 308 g/mol. The quantitative estimate of drug-likeness (QED) is 0.655. The molecule has 2 N–H and O–H groups in total. The van der Waals surface area contributed by atoms with E-state index in [-0.39, 0.29) is 23.3 Å². The molecule has 0 radical (unpaired) electrons. The molecule has 1 fully saturated rings. The van der Waals surface area contributed by atoms with Crippen molar-refractivity contribution in [1.29, 1.82) is 0 Å². The number of carbonyl (C=O) groups excluding carboxylic acids is 1. The van der Waals surface area contributed by atoms with E-state index in [0.29, 0.717) is 0 Å². The number of para-hydroxylation sites is 1. The fourth-order valence-electron chi connectivity index (χ4n) is 3.57. The van der Waals surface area contributed by atoms with Gasteiger partial charge in [0.2, 0.25) is 0 Å². The monoisotopic (exact) mass is 308 g/mol. The van der Waals surface area contributed by atoms with Crippen LogP contribution in [0.25, 0.3) is 10.9 Å². The number of nitrogens with one attached hydrogen (secondary N) is 2. The van der Waals surface area contributed by atoms with Crippen molar-refractivity contribution in [2.75, 3.05) is 0 Å². The Morgan fingerprint density at radius 3 is 2.78 bits per heavy atom. The van der Waals surface area contributed by atoms with Gasteiger partial charge >= 0.3 is 0 Å². The molecular weight excluding hydrogens is 284 g/mol. The van der Waals surface area contributed by atoms with Crippen molar-refractivity contribution in [1.82, 2.24) is 10.3 Å². The van der Waals surface area contributed by atoms with Gasteiger partial charge in [-0.2, -0.15) is 0 Å². The van der Waals surface area contributed by atoms with Crippen molar-refractivity contribution < 1.29 is 4.79 Å². The first-order chi connectivity index (χ1) is 10.9. The largest absolute Gasteiger partial charge is 0.360 e. The standard InChI is InChI=1S/C20H24N2O/c1-5-20(4)11-14(10-13(2)3)22-19(20)18(23)16-12-21-17-9-7-6-8-15(16)17/h5-10,12,14,19,21-22H,1,11H2,2-4H3/t14-,19+,20+/m1/s1. The van der Waals surface area contributed by atoms with Gasteiger partial charge in [-0.3, -0.25) is 4.79 Å². The van der Waals surface area contributed by atoms with Crippen LogP contribution in [0.5, 0.6) is 0 Å². The molecule has 3 rings (SSSR count). The van der Waals surface area contributed by atoms with Crippen LogP contribution in [0.2, 0.25) is 0 Å². The lowest BCUT2D eigenvalue weighted by Crippen LogP contribution is -2.42. The molecule has 0 aliphatic carbocycles. The number of H-pyrrole nitrogens is 1. The van der Waals surface area contributed by atoms with E-state index in [2.05, 4.69) is 43.7 Å². The van der Waals surface area contributed by atoms with E-state index in [9.17, 15) is 4.79 Å². The van der Waals surface area contributed by atoms with Crippen LogP contribution in [-0.2, 0) is 0 Å². The third kappa shape index (κ3) is 2.77. The minimum atomic E-state index is -0.250. The van der Waals surface area contributed by atoms with Crippen LogP contribution in [0.4, 0.5) is 0 Å². The molecule has 3 atom stereocenters. The SMILES string of the molecule is C=C[C@@]1(C)C[C@@H](C=C(C)C)N[C@H]1C(=O)c1c[nH]c2ccccc12. The number of hydrogen-bond donors (Lipinski definition) is 2. The number of fused-ring (bicyclic) bond motifs is 1.